The molecular weight excluding hydrogens is 186 g/mol. The molecule has 0 aliphatic carbocycles. The van der Waals surface area contributed by atoms with Crippen LogP contribution in [-0.4, -0.2) is 13.0 Å². The highest BCUT2D eigenvalue weighted by molar-refractivity contribution is 5.75. The second kappa shape index (κ2) is 15.9. The highest BCUT2D eigenvalue weighted by atomic mass is 16.1. The topological polar surface area (TPSA) is 29.1 Å². The van der Waals surface area contributed by atoms with Crippen LogP contribution in [0, 0.1) is 0 Å². The predicted molar refractivity (Wildman–Crippen MR) is 68.0 cm³/mol. The summed E-state index contributed by atoms with van der Waals surface area (Å²) in [7, 11) is 1.70. The quantitative estimate of drug-likeness (QED) is 0.611. The smallest absolute Gasteiger partial charge is 0.219 e. The largest absolute Gasteiger partial charge is 0.359 e. The Morgan fingerprint density at radius 2 is 1.40 bits per heavy atom. The van der Waals surface area contributed by atoms with Crippen molar-refractivity contribution in [2.24, 2.45) is 0 Å². The van der Waals surface area contributed by atoms with E-state index in [2.05, 4.69) is 12.2 Å². The van der Waals surface area contributed by atoms with Gasteiger partial charge < -0.3 is 5.32 Å². The van der Waals surface area contributed by atoms with Crippen molar-refractivity contribution in [1.82, 2.24) is 5.32 Å². The molecule has 0 fully saturated rings. The Balaban J connectivity index is 0. The molecule has 0 spiro atoms. The molecule has 0 saturated heterocycles. The highest BCUT2D eigenvalue weighted by Crippen LogP contribution is 2.07. The van der Waals surface area contributed by atoms with E-state index in [0.29, 0.717) is 6.42 Å². The summed E-state index contributed by atoms with van der Waals surface area (Å²) in [6, 6.07) is 0. The number of nitrogens with one attached hydrogen (secondary N) is 1. The van der Waals surface area contributed by atoms with Gasteiger partial charge in [0, 0.05) is 13.5 Å². The second-order valence-corrected chi connectivity index (χ2v) is 3.54. The van der Waals surface area contributed by atoms with E-state index in [1.807, 2.05) is 13.8 Å². The van der Waals surface area contributed by atoms with Crippen LogP contribution in [0.1, 0.15) is 72.1 Å². The first-order chi connectivity index (χ1) is 7.31. The average molecular weight is 215 g/mol. The van der Waals surface area contributed by atoms with Crippen molar-refractivity contribution in [2.45, 2.75) is 72.1 Å². The molecule has 0 aliphatic heterocycles. The number of unbranched alkanes of at least 4 members (excludes halogenated alkanes) is 6. The van der Waals surface area contributed by atoms with Crippen LogP contribution in [0.2, 0.25) is 0 Å². The van der Waals surface area contributed by atoms with Gasteiger partial charge in [-0.15, -0.1) is 0 Å². The molecule has 1 N–H and O–H groups in total. The average Bonchev–Trinajstić information content (AvgIpc) is 2.30. The number of carbonyl (C=O) groups excluding carboxylic acids is 1. The lowest BCUT2D eigenvalue weighted by molar-refractivity contribution is -0.120. The summed E-state index contributed by atoms with van der Waals surface area (Å²) in [4.78, 5) is 10.8. The van der Waals surface area contributed by atoms with Gasteiger partial charge >= 0.3 is 0 Å². The summed E-state index contributed by atoms with van der Waals surface area (Å²) in [5.41, 5.74) is 0. The van der Waals surface area contributed by atoms with Gasteiger partial charge in [0.05, 0.1) is 0 Å². The Hall–Kier alpha value is -0.530. The highest BCUT2D eigenvalue weighted by Gasteiger charge is 1.96. The monoisotopic (exact) mass is 215 g/mol. The molecule has 0 rings (SSSR count). The standard InChI is InChI=1S/C11H23NO.C2H6/c1-3-4-5-6-7-8-9-10-11(13)12-2;1-2/h3-10H2,1-2H3,(H,12,13);1-2H3. The number of hydrogen-bond acceptors (Lipinski definition) is 1. The summed E-state index contributed by atoms with van der Waals surface area (Å²) in [6.45, 7) is 6.23. The first-order valence-electron chi connectivity index (χ1n) is 6.51. The predicted octanol–water partition coefficient (Wildman–Crippen LogP) is 3.90. The molecule has 0 heterocycles. The molecule has 0 saturated carbocycles. The number of amides is 1. The van der Waals surface area contributed by atoms with E-state index in [-0.39, 0.29) is 5.91 Å². The van der Waals surface area contributed by atoms with E-state index in [4.69, 9.17) is 0 Å². The first-order valence-corrected chi connectivity index (χ1v) is 6.51. The van der Waals surface area contributed by atoms with Crippen molar-refractivity contribution in [2.75, 3.05) is 7.05 Å². The molecule has 0 bridgehead atoms. The summed E-state index contributed by atoms with van der Waals surface area (Å²) >= 11 is 0. The second-order valence-electron chi connectivity index (χ2n) is 3.54. The molecule has 0 aromatic carbocycles. The molecule has 0 aromatic rings. The van der Waals surface area contributed by atoms with Crippen LogP contribution in [0.25, 0.3) is 0 Å². The van der Waals surface area contributed by atoms with E-state index in [9.17, 15) is 4.79 Å². The lowest BCUT2D eigenvalue weighted by Gasteiger charge is -2.00. The minimum absolute atomic E-state index is 0.175. The molecule has 15 heavy (non-hydrogen) atoms. The van der Waals surface area contributed by atoms with Crippen LogP contribution in [0.5, 0.6) is 0 Å². The Kier molecular flexibility index (Phi) is 17.9. The maximum Gasteiger partial charge on any atom is 0.219 e. The van der Waals surface area contributed by atoms with Crippen molar-refractivity contribution < 1.29 is 4.79 Å². The van der Waals surface area contributed by atoms with Gasteiger partial charge in [0.25, 0.3) is 0 Å². The molecule has 0 radical (unpaired) electrons. The van der Waals surface area contributed by atoms with Gasteiger partial charge in [0.2, 0.25) is 5.91 Å². The van der Waals surface area contributed by atoms with Crippen molar-refractivity contribution in [3.63, 3.8) is 0 Å². The number of hydrogen-bond donors (Lipinski definition) is 1. The molecule has 0 atom stereocenters. The Bertz CT molecular complexity index is 124. The third-order valence-electron chi connectivity index (χ3n) is 2.29. The van der Waals surface area contributed by atoms with Crippen molar-refractivity contribution in [3.8, 4) is 0 Å². The Morgan fingerprint density at radius 1 is 0.933 bits per heavy atom. The summed E-state index contributed by atoms with van der Waals surface area (Å²) in [5, 5.41) is 2.64. The van der Waals surface area contributed by atoms with E-state index < -0.39 is 0 Å². The lowest BCUT2D eigenvalue weighted by Crippen LogP contribution is -2.16. The Labute approximate surface area is 95.8 Å². The fraction of sp³-hybridized carbons (Fsp3) is 0.923. The molecular formula is C13H29NO. The molecule has 2 heteroatoms. The zero-order chi connectivity index (χ0) is 11.9. The Morgan fingerprint density at radius 3 is 1.87 bits per heavy atom. The maximum atomic E-state index is 10.8. The maximum absolute atomic E-state index is 10.8. The van der Waals surface area contributed by atoms with Crippen LogP contribution in [-0.2, 0) is 4.79 Å². The van der Waals surface area contributed by atoms with Crippen molar-refractivity contribution in [1.29, 1.82) is 0 Å². The fourth-order valence-electron chi connectivity index (χ4n) is 1.37. The molecule has 0 unspecified atom stereocenters. The van der Waals surface area contributed by atoms with Crippen LogP contribution in [0.3, 0.4) is 0 Å². The number of rotatable bonds is 8. The van der Waals surface area contributed by atoms with Crippen LogP contribution in [0.4, 0.5) is 0 Å². The van der Waals surface area contributed by atoms with Gasteiger partial charge in [-0.25, -0.2) is 0 Å². The van der Waals surface area contributed by atoms with Crippen LogP contribution < -0.4 is 5.32 Å². The molecule has 1 amide bonds. The first kappa shape index (κ1) is 16.9. The van der Waals surface area contributed by atoms with Gasteiger partial charge in [-0.1, -0.05) is 59.3 Å². The summed E-state index contributed by atoms with van der Waals surface area (Å²) in [5.74, 6) is 0.175. The summed E-state index contributed by atoms with van der Waals surface area (Å²) < 4.78 is 0. The molecule has 0 aromatic heterocycles. The molecule has 0 aliphatic rings. The zero-order valence-electron chi connectivity index (χ0n) is 11.1. The minimum atomic E-state index is 0.175. The van der Waals surface area contributed by atoms with Gasteiger partial charge in [-0.2, -0.15) is 0 Å². The van der Waals surface area contributed by atoms with E-state index in [1.54, 1.807) is 7.05 Å². The summed E-state index contributed by atoms with van der Waals surface area (Å²) in [6.07, 6.45) is 9.59. The minimum Gasteiger partial charge on any atom is -0.359 e. The third-order valence-corrected chi connectivity index (χ3v) is 2.29. The van der Waals surface area contributed by atoms with Gasteiger partial charge in [0.1, 0.15) is 0 Å². The van der Waals surface area contributed by atoms with E-state index in [1.165, 1.54) is 38.5 Å². The normalized spacial score (nSPS) is 9.07. The fourth-order valence-corrected chi connectivity index (χ4v) is 1.37. The van der Waals surface area contributed by atoms with E-state index >= 15 is 0 Å². The number of carbonyl (C=O) groups is 1. The van der Waals surface area contributed by atoms with E-state index in [0.717, 1.165) is 6.42 Å². The van der Waals surface area contributed by atoms with Gasteiger partial charge in [0.15, 0.2) is 0 Å². The zero-order valence-corrected chi connectivity index (χ0v) is 11.1. The van der Waals surface area contributed by atoms with Crippen LogP contribution in [0.15, 0.2) is 0 Å². The van der Waals surface area contributed by atoms with Gasteiger partial charge in [-0.3, -0.25) is 4.79 Å². The SMILES string of the molecule is CC.CCCCCCCCCC(=O)NC. The lowest BCUT2D eigenvalue weighted by atomic mass is 10.1. The van der Waals surface area contributed by atoms with Crippen LogP contribution >= 0.6 is 0 Å². The third kappa shape index (κ3) is 16.2. The van der Waals surface area contributed by atoms with Crippen molar-refractivity contribution >= 4 is 5.91 Å². The van der Waals surface area contributed by atoms with Crippen molar-refractivity contribution in [3.05, 3.63) is 0 Å². The molecule has 92 valence electrons. The van der Waals surface area contributed by atoms with Gasteiger partial charge in [-0.05, 0) is 6.42 Å². The molecule has 2 nitrogen and oxygen atoms in total.